The Balaban J connectivity index is 0.00000477. The highest BCUT2D eigenvalue weighted by atomic mass is 19.1. The monoisotopic (exact) mass is 732 g/mol. The molecule has 0 heterocycles. The van der Waals surface area contributed by atoms with Crippen molar-refractivity contribution in [1.82, 2.24) is 10.2 Å². The van der Waals surface area contributed by atoms with Crippen LogP contribution in [0.1, 0.15) is 74.6 Å². The van der Waals surface area contributed by atoms with Gasteiger partial charge < -0.3 is 30.2 Å². The van der Waals surface area contributed by atoms with Crippen LogP contribution in [-0.4, -0.2) is 62.6 Å². The van der Waals surface area contributed by atoms with Crippen molar-refractivity contribution in [2.75, 3.05) is 33.1 Å². The predicted molar refractivity (Wildman–Crippen MR) is 209 cm³/mol. The summed E-state index contributed by atoms with van der Waals surface area (Å²) in [6, 6.07) is 18.3. The van der Waals surface area contributed by atoms with Gasteiger partial charge in [-0.1, -0.05) is 55.3 Å². The van der Waals surface area contributed by atoms with Gasteiger partial charge in [-0.2, -0.15) is 0 Å². The van der Waals surface area contributed by atoms with Gasteiger partial charge in [0.15, 0.2) is 11.6 Å². The highest BCUT2D eigenvalue weighted by molar-refractivity contribution is 5.80. The molecular formula is C42H54F2N4O5. The molecule has 0 aliphatic rings. The molecule has 0 saturated heterocycles. The van der Waals surface area contributed by atoms with Gasteiger partial charge in [0.25, 0.3) is 0 Å². The number of carbonyl (C=O) groups excluding carboxylic acids is 2. The number of hydrogen-bond donors (Lipinski definition) is 3. The molecule has 53 heavy (non-hydrogen) atoms. The lowest BCUT2D eigenvalue weighted by molar-refractivity contribution is -0.137. The van der Waals surface area contributed by atoms with Crippen LogP contribution in [0.3, 0.4) is 0 Å². The number of carboxylic acids is 1. The van der Waals surface area contributed by atoms with Gasteiger partial charge in [0.1, 0.15) is 17.8 Å². The fourth-order valence-electron chi connectivity index (χ4n) is 5.94. The van der Waals surface area contributed by atoms with Crippen LogP contribution < -0.4 is 15.4 Å². The predicted octanol–water partition coefficient (Wildman–Crippen LogP) is 8.58. The topological polar surface area (TPSA) is 120 Å². The van der Waals surface area contributed by atoms with Gasteiger partial charge in [0.2, 0.25) is 0 Å². The van der Waals surface area contributed by atoms with Gasteiger partial charge in [0.05, 0.1) is 13.7 Å². The van der Waals surface area contributed by atoms with E-state index in [1.165, 1.54) is 6.07 Å². The molecule has 1 unspecified atom stereocenters. The Morgan fingerprint density at radius 3 is 2.43 bits per heavy atom. The van der Waals surface area contributed by atoms with Crippen molar-refractivity contribution in [2.45, 2.75) is 77.2 Å². The van der Waals surface area contributed by atoms with Crippen LogP contribution in [0.2, 0.25) is 0 Å². The van der Waals surface area contributed by atoms with E-state index in [-0.39, 0.29) is 24.4 Å². The molecule has 0 aliphatic heterocycles. The summed E-state index contributed by atoms with van der Waals surface area (Å²) in [7, 11) is 4.28. The van der Waals surface area contributed by atoms with Crippen molar-refractivity contribution in [1.29, 1.82) is 0 Å². The Bertz CT molecular complexity index is 1710. The summed E-state index contributed by atoms with van der Waals surface area (Å²) in [5.41, 5.74) is 4.02. The normalized spacial score (nSPS) is 12.4. The molecule has 3 rings (SSSR count). The van der Waals surface area contributed by atoms with Gasteiger partial charge in [0, 0.05) is 60.4 Å². The number of unbranched alkanes of at least 4 members (excludes halogenated alkanes) is 2. The summed E-state index contributed by atoms with van der Waals surface area (Å²) < 4.78 is 30.8. The number of benzene rings is 3. The number of aldehydes is 1. The summed E-state index contributed by atoms with van der Waals surface area (Å²) in [6.07, 6.45) is 10.1. The van der Waals surface area contributed by atoms with Crippen molar-refractivity contribution in [3.05, 3.63) is 113 Å². The zero-order valence-electron chi connectivity index (χ0n) is 31.6. The average Bonchev–Trinajstić information content (AvgIpc) is 3.13. The van der Waals surface area contributed by atoms with Crippen LogP contribution in [0.5, 0.6) is 11.5 Å². The molecule has 11 heteroatoms. The van der Waals surface area contributed by atoms with Gasteiger partial charge in [-0.25, -0.2) is 4.39 Å². The molecule has 0 saturated carbocycles. The molecule has 9 nitrogen and oxygen atoms in total. The largest absolute Gasteiger partial charge is 0.481 e. The number of halogens is 2. The number of ether oxygens (including phenoxy) is 1. The second kappa shape index (κ2) is 23.4. The van der Waals surface area contributed by atoms with Crippen LogP contribution >= 0.6 is 0 Å². The second-order valence-electron chi connectivity index (χ2n) is 13.1. The van der Waals surface area contributed by atoms with Crippen molar-refractivity contribution in [2.24, 2.45) is 4.99 Å². The molecule has 3 aromatic carbocycles. The van der Waals surface area contributed by atoms with Crippen LogP contribution in [0.25, 0.3) is 0 Å². The van der Waals surface area contributed by atoms with E-state index in [9.17, 15) is 23.9 Å². The number of nitrogens with zero attached hydrogens (tertiary/aromatic N) is 2. The SMILES string of the molecule is C=N/C=C(\NCc1cccc(Oc2c(F)cc(N/C=C\C)cc2CC=O)c1)C(C)(CCCCCC(=O)CN(C)C)c1cccc(CCC(=O)O)c1.CF. The molecule has 3 aromatic rings. The Morgan fingerprint density at radius 1 is 1.02 bits per heavy atom. The van der Waals surface area contributed by atoms with Crippen LogP contribution in [0.4, 0.5) is 14.5 Å². The quantitative estimate of drug-likeness (QED) is 0.0504. The molecule has 0 aromatic heterocycles. The molecule has 286 valence electrons. The Kier molecular flexibility index (Phi) is 19.4. The number of anilines is 1. The molecule has 0 spiro atoms. The lowest BCUT2D eigenvalue weighted by Crippen LogP contribution is -2.33. The Labute approximate surface area is 312 Å². The first-order valence-electron chi connectivity index (χ1n) is 17.6. The number of rotatable bonds is 23. The van der Waals surface area contributed by atoms with E-state index in [2.05, 4.69) is 35.3 Å². The lowest BCUT2D eigenvalue weighted by atomic mass is 9.74. The minimum Gasteiger partial charge on any atom is -0.481 e. The number of hydrogen-bond acceptors (Lipinski definition) is 8. The van der Waals surface area contributed by atoms with Crippen LogP contribution in [0, 0.1) is 5.82 Å². The first-order chi connectivity index (χ1) is 25.5. The third-order valence-electron chi connectivity index (χ3n) is 8.57. The zero-order chi connectivity index (χ0) is 39.2. The van der Waals surface area contributed by atoms with E-state index in [0.717, 1.165) is 48.1 Å². The van der Waals surface area contributed by atoms with Crippen LogP contribution in [0.15, 0.2) is 89.8 Å². The van der Waals surface area contributed by atoms with E-state index < -0.39 is 17.2 Å². The number of likely N-dealkylation sites (N-methyl/N-ethyl adjacent to an activating group) is 1. The summed E-state index contributed by atoms with van der Waals surface area (Å²) in [6.45, 7) is 8.53. The molecule has 0 fully saturated rings. The molecule has 0 radical (unpaired) electrons. The molecule has 0 aliphatic carbocycles. The standard InChI is InChI=1S/C41H51FN4O5.CH3F/c1-6-21-44-34-25-32(19-22-47)40(37(42)26-34)51-36-16-11-13-31(24-36)27-45-38(28-43-3)41(2,20-9-7-8-15-35(48)29-46(4)5)33-14-10-12-30(23-33)17-18-39(49)50;1-2/h6,10-14,16,21-26,28,44-45H,3,7-9,15,17-20,27,29H2,1-2,4-5H3,(H,49,50);1H3/b21-6-,38-28-;. The number of nitrogens with one attached hydrogen (secondary N) is 2. The van der Waals surface area contributed by atoms with E-state index in [1.807, 2.05) is 62.3 Å². The number of carbonyl (C=O) groups is 3. The van der Waals surface area contributed by atoms with Crippen molar-refractivity contribution in [3.8, 4) is 11.5 Å². The average molecular weight is 733 g/mol. The highest BCUT2D eigenvalue weighted by Gasteiger charge is 2.31. The Morgan fingerprint density at radius 2 is 1.75 bits per heavy atom. The van der Waals surface area contributed by atoms with Gasteiger partial charge in [-0.15, -0.1) is 0 Å². The van der Waals surface area contributed by atoms with E-state index in [0.29, 0.717) is 56.4 Å². The van der Waals surface area contributed by atoms with E-state index in [1.54, 1.807) is 30.6 Å². The van der Waals surface area contributed by atoms with E-state index >= 15 is 4.39 Å². The van der Waals surface area contributed by atoms with E-state index in [4.69, 9.17) is 4.74 Å². The highest BCUT2D eigenvalue weighted by Crippen LogP contribution is 2.37. The number of ketones is 1. The molecular weight excluding hydrogens is 678 g/mol. The number of alkyl halides is 1. The Hall–Kier alpha value is -5.16. The molecule has 0 bridgehead atoms. The fourth-order valence-corrected chi connectivity index (χ4v) is 5.94. The summed E-state index contributed by atoms with van der Waals surface area (Å²) in [5.74, 6) is -0.805. The third-order valence-corrected chi connectivity index (χ3v) is 8.57. The van der Waals surface area contributed by atoms with Crippen molar-refractivity contribution in [3.63, 3.8) is 0 Å². The van der Waals surface area contributed by atoms with Gasteiger partial charge in [-0.3, -0.25) is 19.0 Å². The molecule has 0 amide bonds. The fraction of sp³-hybridized carbons (Fsp3) is 0.381. The number of aliphatic imine (C=N–C) groups is 1. The second-order valence-corrected chi connectivity index (χ2v) is 13.1. The first-order valence-corrected chi connectivity index (χ1v) is 17.6. The maximum absolute atomic E-state index is 15.2. The van der Waals surface area contributed by atoms with Crippen molar-refractivity contribution < 1.29 is 33.0 Å². The zero-order valence-corrected chi connectivity index (χ0v) is 31.6. The molecule has 3 N–H and O–H groups in total. The minimum atomic E-state index is -0.850. The smallest absolute Gasteiger partial charge is 0.303 e. The summed E-state index contributed by atoms with van der Waals surface area (Å²) in [5, 5.41) is 15.8. The third kappa shape index (κ3) is 14.8. The number of aliphatic carboxylic acids is 1. The maximum atomic E-state index is 15.2. The number of aryl methyl sites for hydroxylation is 1. The molecule has 1 atom stereocenters. The van der Waals surface area contributed by atoms with Crippen LogP contribution in [-0.2, 0) is 39.2 Å². The summed E-state index contributed by atoms with van der Waals surface area (Å²) in [4.78, 5) is 41.0. The number of carboxylic acid groups (broad SMARTS) is 1. The van der Waals surface area contributed by atoms with Gasteiger partial charge >= 0.3 is 5.97 Å². The lowest BCUT2D eigenvalue weighted by Gasteiger charge is -2.34. The number of Topliss-reactive ketones (excluding diaryl/α,β-unsaturated/α-hetero) is 1. The van der Waals surface area contributed by atoms with Gasteiger partial charge in [-0.05, 0) is 95.0 Å². The van der Waals surface area contributed by atoms with Crippen molar-refractivity contribution >= 4 is 30.4 Å². The summed E-state index contributed by atoms with van der Waals surface area (Å²) >= 11 is 0. The number of allylic oxidation sites excluding steroid dienone is 2. The first kappa shape index (κ1) is 44.0. The maximum Gasteiger partial charge on any atom is 0.303 e. The minimum absolute atomic E-state index is 0.00607.